The maximum absolute atomic E-state index is 13.5. The molecular formula is C14H11Cl2FN2O. The van der Waals surface area contributed by atoms with Gasteiger partial charge in [-0.05, 0) is 23.8 Å². The first-order valence-electron chi connectivity index (χ1n) is 5.80. The lowest BCUT2D eigenvalue weighted by Gasteiger charge is -2.10. The van der Waals surface area contributed by atoms with E-state index in [4.69, 9.17) is 23.2 Å². The van der Waals surface area contributed by atoms with Crippen molar-refractivity contribution in [2.45, 2.75) is 6.54 Å². The number of nitrogens with one attached hydrogen (secondary N) is 2. The van der Waals surface area contributed by atoms with Crippen LogP contribution in [0.5, 0.6) is 0 Å². The van der Waals surface area contributed by atoms with E-state index in [1.807, 2.05) is 6.07 Å². The van der Waals surface area contributed by atoms with E-state index < -0.39 is 11.8 Å². The summed E-state index contributed by atoms with van der Waals surface area (Å²) in [7, 11) is 0. The van der Waals surface area contributed by atoms with Gasteiger partial charge in [-0.25, -0.2) is 9.18 Å². The molecule has 3 nitrogen and oxygen atoms in total. The molecule has 2 N–H and O–H groups in total. The maximum Gasteiger partial charge on any atom is 0.319 e. The Kier molecular flexibility index (Phi) is 4.82. The lowest BCUT2D eigenvalue weighted by molar-refractivity contribution is 0.251. The second-order valence-electron chi connectivity index (χ2n) is 4.00. The molecule has 104 valence electrons. The fraction of sp³-hybridized carbons (Fsp3) is 0.0714. The summed E-state index contributed by atoms with van der Waals surface area (Å²) in [6.45, 7) is 0.234. The lowest BCUT2D eigenvalue weighted by Crippen LogP contribution is -2.28. The average molecular weight is 313 g/mol. The summed E-state index contributed by atoms with van der Waals surface area (Å²) in [6, 6.07) is 10.7. The Morgan fingerprint density at radius 1 is 1.05 bits per heavy atom. The molecule has 0 aliphatic heterocycles. The van der Waals surface area contributed by atoms with Crippen LogP contribution in [0.25, 0.3) is 0 Å². The number of hydrogen-bond donors (Lipinski definition) is 2. The van der Waals surface area contributed by atoms with Crippen molar-refractivity contribution in [3.05, 3.63) is 63.9 Å². The molecule has 0 unspecified atom stereocenters. The molecule has 0 spiro atoms. The first-order valence-corrected chi connectivity index (χ1v) is 6.56. The number of carbonyl (C=O) groups excluding carboxylic acids is 1. The molecule has 2 amide bonds. The fourth-order valence-electron chi connectivity index (χ4n) is 1.59. The topological polar surface area (TPSA) is 41.1 Å². The average Bonchev–Trinajstić information content (AvgIpc) is 2.42. The zero-order chi connectivity index (χ0) is 14.5. The van der Waals surface area contributed by atoms with Crippen molar-refractivity contribution >= 4 is 34.9 Å². The maximum atomic E-state index is 13.5. The molecule has 2 rings (SSSR count). The van der Waals surface area contributed by atoms with Crippen LogP contribution in [0.15, 0.2) is 42.5 Å². The van der Waals surface area contributed by atoms with Crippen molar-refractivity contribution in [1.82, 2.24) is 5.32 Å². The third-order valence-corrected chi connectivity index (χ3v) is 3.28. The third kappa shape index (κ3) is 3.62. The van der Waals surface area contributed by atoms with Crippen LogP contribution in [0.2, 0.25) is 10.0 Å². The van der Waals surface area contributed by atoms with Crippen molar-refractivity contribution in [2.75, 3.05) is 5.32 Å². The number of hydrogen-bond acceptors (Lipinski definition) is 1. The van der Waals surface area contributed by atoms with Gasteiger partial charge in [0.2, 0.25) is 0 Å². The molecule has 0 aliphatic rings. The van der Waals surface area contributed by atoms with Gasteiger partial charge in [0.25, 0.3) is 0 Å². The number of amides is 2. The predicted octanol–water partition coefficient (Wildman–Crippen LogP) is 4.45. The molecule has 0 radical (unpaired) electrons. The van der Waals surface area contributed by atoms with Gasteiger partial charge >= 0.3 is 6.03 Å². The van der Waals surface area contributed by atoms with Crippen molar-refractivity contribution in [3.8, 4) is 0 Å². The van der Waals surface area contributed by atoms with E-state index in [-0.39, 0.29) is 17.3 Å². The van der Waals surface area contributed by atoms with E-state index in [2.05, 4.69) is 10.6 Å². The number of urea groups is 1. The number of para-hydroxylation sites is 1. The Morgan fingerprint density at radius 3 is 2.45 bits per heavy atom. The van der Waals surface area contributed by atoms with Crippen LogP contribution < -0.4 is 10.6 Å². The molecule has 6 heteroatoms. The normalized spacial score (nSPS) is 10.2. The Hall–Kier alpha value is -1.78. The largest absolute Gasteiger partial charge is 0.334 e. The van der Waals surface area contributed by atoms with Gasteiger partial charge in [0.05, 0.1) is 10.7 Å². The van der Waals surface area contributed by atoms with Crippen LogP contribution in [0.4, 0.5) is 14.9 Å². The molecular weight excluding hydrogens is 302 g/mol. The van der Waals surface area contributed by atoms with Crippen LogP contribution in [0.3, 0.4) is 0 Å². The SMILES string of the molecule is O=C(NCc1ccccc1Cl)Nc1c(F)cccc1Cl. The summed E-state index contributed by atoms with van der Waals surface area (Å²) >= 11 is 11.8. The van der Waals surface area contributed by atoms with Gasteiger partial charge in [0.15, 0.2) is 0 Å². The van der Waals surface area contributed by atoms with Gasteiger partial charge in [0, 0.05) is 11.6 Å². The Balaban J connectivity index is 1.98. The monoisotopic (exact) mass is 312 g/mol. The molecule has 0 atom stereocenters. The zero-order valence-corrected chi connectivity index (χ0v) is 11.8. The van der Waals surface area contributed by atoms with E-state index in [0.29, 0.717) is 5.02 Å². The van der Waals surface area contributed by atoms with Crippen LogP contribution in [0, 0.1) is 5.82 Å². The number of halogens is 3. The molecule has 2 aromatic rings. The Labute approximate surface area is 125 Å². The molecule has 0 aliphatic carbocycles. The Morgan fingerprint density at radius 2 is 1.75 bits per heavy atom. The van der Waals surface area contributed by atoms with E-state index >= 15 is 0 Å². The smallest absolute Gasteiger partial charge is 0.319 e. The Bertz CT molecular complexity index is 614. The van der Waals surface area contributed by atoms with Gasteiger partial charge < -0.3 is 10.6 Å². The van der Waals surface area contributed by atoms with E-state index in [1.165, 1.54) is 18.2 Å². The highest BCUT2D eigenvalue weighted by Gasteiger charge is 2.10. The van der Waals surface area contributed by atoms with E-state index in [0.717, 1.165) is 5.56 Å². The standard InChI is InChI=1S/C14H11Cl2FN2O/c15-10-5-2-1-4-9(10)8-18-14(20)19-13-11(16)6-3-7-12(13)17/h1-7H,8H2,(H2,18,19,20). The molecule has 0 aromatic heterocycles. The number of anilines is 1. The minimum absolute atomic E-state index is 0.0502. The van der Waals surface area contributed by atoms with Crippen LogP contribution in [-0.4, -0.2) is 6.03 Å². The first-order chi connectivity index (χ1) is 9.58. The minimum atomic E-state index is -0.592. The van der Waals surface area contributed by atoms with Gasteiger partial charge in [-0.2, -0.15) is 0 Å². The number of benzene rings is 2. The van der Waals surface area contributed by atoms with Crippen molar-refractivity contribution < 1.29 is 9.18 Å². The summed E-state index contributed by atoms with van der Waals surface area (Å²) in [5, 5.41) is 5.64. The molecule has 20 heavy (non-hydrogen) atoms. The highest BCUT2D eigenvalue weighted by Crippen LogP contribution is 2.24. The predicted molar refractivity (Wildman–Crippen MR) is 78.7 cm³/mol. The first kappa shape index (κ1) is 14.6. The summed E-state index contributed by atoms with van der Waals surface area (Å²) in [5.41, 5.74) is 0.717. The summed E-state index contributed by atoms with van der Waals surface area (Å²) < 4.78 is 13.5. The van der Waals surface area contributed by atoms with Gasteiger partial charge in [0.1, 0.15) is 5.82 Å². The third-order valence-electron chi connectivity index (χ3n) is 2.60. The minimum Gasteiger partial charge on any atom is -0.334 e. The van der Waals surface area contributed by atoms with E-state index in [1.54, 1.807) is 18.2 Å². The summed E-state index contributed by atoms with van der Waals surface area (Å²) in [5.74, 6) is -0.592. The quantitative estimate of drug-likeness (QED) is 0.863. The van der Waals surface area contributed by atoms with Gasteiger partial charge in [-0.15, -0.1) is 0 Å². The molecule has 2 aromatic carbocycles. The highest BCUT2D eigenvalue weighted by molar-refractivity contribution is 6.33. The van der Waals surface area contributed by atoms with E-state index in [9.17, 15) is 9.18 Å². The van der Waals surface area contributed by atoms with Crippen molar-refractivity contribution in [3.63, 3.8) is 0 Å². The highest BCUT2D eigenvalue weighted by atomic mass is 35.5. The summed E-state index contributed by atoms with van der Waals surface area (Å²) in [6.07, 6.45) is 0. The molecule has 0 fully saturated rings. The van der Waals surface area contributed by atoms with Gasteiger partial charge in [-0.3, -0.25) is 0 Å². The van der Waals surface area contributed by atoms with Crippen LogP contribution in [-0.2, 0) is 6.54 Å². The molecule has 0 saturated carbocycles. The number of rotatable bonds is 3. The van der Waals surface area contributed by atoms with Crippen molar-refractivity contribution in [1.29, 1.82) is 0 Å². The molecule has 0 saturated heterocycles. The second-order valence-corrected chi connectivity index (χ2v) is 4.81. The van der Waals surface area contributed by atoms with Crippen molar-refractivity contribution in [2.24, 2.45) is 0 Å². The second kappa shape index (κ2) is 6.59. The molecule has 0 bridgehead atoms. The van der Waals surface area contributed by atoms with Crippen LogP contribution >= 0.6 is 23.2 Å². The zero-order valence-electron chi connectivity index (χ0n) is 10.3. The fourth-order valence-corrected chi connectivity index (χ4v) is 2.01. The van der Waals surface area contributed by atoms with Crippen LogP contribution in [0.1, 0.15) is 5.56 Å². The number of carbonyl (C=O) groups is 1. The molecule has 0 heterocycles. The summed E-state index contributed by atoms with van der Waals surface area (Å²) in [4.78, 5) is 11.7. The van der Waals surface area contributed by atoms with Gasteiger partial charge in [-0.1, -0.05) is 47.5 Å². The lowest BCUT2D eigenvalue weighted by atomic mass is 10.2.